The number of morpholine rings is 1. The number of amides is 3. The lowest BCUT2D eigenvalue weighted by Gasteiger charge is -2.26. The molecule has 3 amide bonds. The number of carbonyl (C=O) groups is 3. The third kappa shape index (κ3) is 5.36. The van der Waals surface area contributed by atoms with Crippen LogP contribution in [0.3, 0.4) is 0 Å². The topological polar surface area (TPSA) is 87.7 Å². The molecule has 7 nitrogen and oxygen atoms in total. The summed E-state index contributed by atoms with van der Waals surface area (Å²) in [4.78, 5) is 37.3. The van der Waals surface area contributed by atoms with E-state index < -0.39 is 11.8 Å². The van der Waals surface area contributed by atoms with Crippen LogP contribution in [0.15, 0.2) is 18.2 Å². The molecule has 9 heteroatoms. The highest BCUT2D eigenvalue weighted by Gasteiger charge is 2.18. The van der Waals surface area contributed by atoms with Crippen molar-refractivity contribution in [3.8, 4) is 0 Å². The molecule has 0 atom stereocenters. The molecule has 1 heterocycles. The number of nitrogens with one attached hydrogen (secondary N) is 2. The summed E-state index contributed by atoms with van der Waals surface area (Å²) in [7, 11) is 0. The molecule has 0 bridgehead atoms. The van der Waals surface area contributed by atoms with Crippen LogP contribution in [0.5, 0.6) is 0 Å². The van der Waals surface area contributed by atoms with E-state index in [1.165, 1.54) is 12.1 Å². The summed E-state index contributed by atoms with van der Waals surface area (Å²) in [5.41, 5.74) is 4.64. The fraction of sp³-hybridized carbons (Fsp3) is 0.400. The lowest BCUT2D eigenvalue weighted by Crippen LogP contribution is -2.43. The van der Waals surface area contributed by atoms with Crippen molar-refractivity contribution in [2.45, 2.75) is 12.8 Å². The molecule has 24 heavy (non-hydrogen) atoms. The van der Waals surface area contributed by atoms with Crippen LogP contribution in [0.25, 0.3) is 0 Å². The normalized spacial score (nSPS) is 14.2. The van der Waals surface area contributed by atoms with Gasteiger partial charge in [0.15, 0.2) is 0 Å². The van der Waals surface area contributed by atoms with Crippen LogP contribution >= 0.6 is 23.2 Å². The van der Waals surface area contributed by atoms with E-state index >= 15 is 0 Å². The zero-order valence-electron chi connectivity index (χ0n) is 12.8. The van der Waals surface area contributed by atoms with Crippen LogP contribution < -0.4 is 10.9 Å². The van der Waals surface area contributed by atoms with Gasteiger partial charge in [0, 0.05) is 31.0 Å². The van der Waals surface area contributed by atoms with Gasteiger partial charge in [-0.2, -0.15) is 0 Å². The average Bonchev–Trinajstić information content (AvgIpc) is 2.60. The van der Waals surface area contributed by atoms with E-state index in [0.29, 0.717) is 31.3 Å². The summed E-state index contributed by atoms with van der Waals surface area (Å²) in [6.07, 6.45) is 0.0410. The average molecular weight is 374 g/mol. The van der Waals surface area contributed by atoms with E-state index in [0.717, 1.165) is 0 Å². The number of hydrogen-bond acceptors (Lipinski definition) is 4. The van der Waals surface area contributed by atoms with Crippen molar-refractivity contribution >= 4 is 40.9 Å². The first kappa shape index (κ1) is 18.5. The number of nitrogens with zero attached hydrogens (tertiary/aromatic N) is 1. The maximum Gasteiger partial charge on any atom is 0.271 e. The van der Waals surface area contributed by atoms with Crippen LogP contribution in [0, 0.1) is 0 Å². The Morgan fingerprint density at radius 1 is 1.08 bits per heavy atom. The number of rotatable bonds is 4. The van der Waals surface area contributed by atoms with Crippen LogP contribution in [-0.4, -0.2) is 48.9 Å². The highest BCUT2D eigenvalue weighted by Crippen LogP contribution is 2.20. The molecule has 1 aromatic rings. The zero-order chi connectivity index (χ0) is 17.5. The summed E-state index contributed by atoms with van der Waals surface area (Å²) < 4.78 is 5.16. The van der Waals surface area contributed by atoms with E-state index in [2.05, 4.69) is 10.9 Å². The van der Waals surface area contributed by atoms with Crippen LogP contribution in [0.1, 0.15) is 23.2 Å². The second-order valence-corrected chi connectivity index (χ2v) is 5.96. The minimum absolute atomic E-state index is 0.0280. The molecule has 0 aromatic heterocycles. The van der Waals surface area contributed by atoms with Gasteiger partial charge in [0.25, 0.3) is 5.91 Å². The van der Waals surface area contributed by atoms with Crippen LogP contribution in [-0.2, 0) is 14.3 Å². The largest absolute Gasteiger partial charge is 0.378 e. The Bertz CT molecular complexity index is 633. The van der Waals surface area contributed by atoms with E-state index in [-0.39, 0.29) is 29.3 Å². The number of hydrogen-bond donors (Lipinski definition) is 2. The van der Waals surface area contributed by atoms with Gasteiger partial charge in [0.2, 0.25) is 11.8 Å². The van der Waals surface area contributed by atoms with Gasteiger partial charge in [-0.25, -0.2) is 0 Å². The second-order valence-electron chi connectivity index (χ2n) is 5.12. The minimum atomic E-state index is -0.588. The standard InChI is InChI=1S/C15H17Cl2N3O4/c16-10-1-2-12(17)11(9-10)15(23)19-18-13(21)3-4-14(22)20-5-7-24-8-6-20/h1-2,9H,3-8H2,(H,18,21)(H,19,23). The molecule has 0 unspecified atom stereocenters. The third-order valence-corrected chi connectivity index (χ3v) is 3.98. The van der Waals surface area contributed by atoms with Crippen molar-refractivity contribution in [3.63, 3.8) is 0 Å². The lowest BCUT2D eigenvalue weighted by atomic mass is 10.2. The first-order valence-corrected chi connectivity index (χ1v) is 8.12. The second kappa shape index (κ2) is 8.86. The predicted octanol–water partition coefficient (Wildman–Crippen LogP) is 1.39. The smallest absolute Gasteiger partial charge is 0.271 e. The fourth-order valence-corrected chi connectivity index (χ4v) is 2.49. The number of benzene rings is 1. The molecule has 1 saturated heterocycles. The Balaban J connectivity index is 1.75. The van der Waals surface area contributed by atoms with E-state index in [4.69, 9.17) is 27.9 Å². The number of hydrazine groups is 1. The van der Waals surface area contributed by atoms with Crippen molar-refractivity contribution in [3.05, 3.63) is 33.8 Å². The van der Waals surface area contributed by atoms with E-state index in [1.807, 2.05) is 0 Å². The van der Waals surface area contributed by atoms with Gasteiger partial charge in [-0.1, -0.05) is 23.2 Å². The Morgan fingerprint density at radius 2 is 1.79 bits per heavy atom. The Labute approximate surface area is 149 Å². The highest BCUT2D eigenvalue weighted by atomic mass is 35.5. The van der Waals surface area contributed by atoms with Crippen molar-refractivity contribution in [1.29, 1.82) is 0 Å². The molecular weight excluding hydrogens is 357 g/mol. The molecule has 0 spiro atoms. The molecule has 0 aliphatic carbocycles. The Kier molecular flexibility index (Phi) is 6.84. The van der Waals surface area contributed by atoms with E-state index in [9.17, 15) is 14.4 Å². The van der Waals surface area contributed by atoms with Gasteiger partial charge in [-0.3, -0.25) is 25.2 Å². The lowest BCUT2D eigenvalue weighted by molar-refractivity contribution is -0.137. The Morgan fingerprint density at radius 3 is 2.50 bits per heavy atom. The first-order chi connectivity index (χ1) is 11.5. The summed E-state index contributed by atoms with van der Waals surface area (Å²) >= 11 is 11.7. The molecule has 1 aliphatic heterocycles. The first-order valence-electron chi connectivity index (χ1n) is 7.37. The molecule has 1 aliphatic rings. The Hall–Kier alpha value is -1.83. The monoisotopic (exact) mass is 373 g/mol. The van der Waals surface area contributed by atoms with Crippen molar-refractivity contribution in [2.75, 3.05) is 26.3 Å². The minimum Gasteiger partial charge on any atom is -0.378 e. The molecule has 130 valence electrons. The summed E-state index contributed by atoms with van der Waals surface area (Å²) in [6, 6.07) is 4.44. The third-order valence-electron chi connectivity index (χ3n) is 3.42. The van der Waals surface area contributed by atoms with Gasteiger partial charge in [0.05, 0.1) is 23.8 Å². The molecule has 1 aromatic carbocycles. The number of carbonyl (C=O) groups excluding carboxylic acids is 3. The van der Waals surface area contributed by atoms with Gasteiger partial charge in [-0.15, -0.1) is 0 Å². The molecule has 2 rings (SSSR count). The van der Waals surface area contributed by atoms with Gasteiger partial charge < -0.3 is 9.64 Å². The fourth-order valence-electron chi connectivity index (χ4n) is 2.12. The van der Waals surface area contributed by atoms with E-state index in [1.54, 1.807) is 11.0 Å². The molecule has 0 radical (unpaired) electrons. The maximum absolute atomic E-state index is 11.9. The number of ether oxygens (including phenoxy) is 1. The van der Waals surface area contributed by atoms with Crippen molar-refractivity contribution in [1.82, 2.24) is 15.8 Å². The summed E-state index contributed by atoms with van der Waals surface area (Å²) in [6.45, 7) is 2.08. The van der Waals surface area contributed by atoms with Crippen LogP contribution in [0.2, 0.25) is 10.0 Å². The van der Waals surface area contributed by atoms with Gasteiger partial charge in [-0.05, 0) is 18.2 Å². The molecule has 0 saturated carbocycles. The molecular formula is C15H17Cl2N3O4. The van der Waals surface area contributed by atoms with Crippen molar-refractivity contribution < 1.29 is 19.1 Å². The summed E-state index contributed by atoms with van der Waals surface area (Å²) in [5.74, 6) is -1.17. The quantitative estimate of drug-likeness (QED) is 0.780. The molecule has 1 fully saturated rings. The maximum atomic E-state index is 11.9. The van der Waals surface area contributed by atoms with Crippen LogP contribution in [0.4, 0.5) is 0 Å². The van der Waals surface area contributed by atoms with Crippen molar-refractivity contribution in [2.24, 2.45) is 0 Å². The highest BCUT2D eigenvalue weighted by molar-refractivity contribution is 6.35. The number of halogens is 2. The zero-order valence-corrected chi connectivity index (χ0v) is 14.3. The van der Waals surface area contributed by atoms with Gasteiger partial charge >= 0.3 is 0 Å². The molecule has 2 N–H and O–H groups in total. The van der Waals surface area contributed by atoms with Gasteiger partial charge in [0.1, 0.15) is 0 Å². The summed E-state index contributed by atoms with van der Waals surface area (Å²) in [5, 5.41) is 0.570. The SMILES string of the molecule is O=C(CCC(=O)N1CCOCC1)NNC(=O)c1cc(Cl)ccc1Cl. The predicted molar refractivity (Wildman–Crippen MR) is 88.7 cm³/mol.